The van der Waals surface area contributed by atoms with Crippen LogP contribution in [-0.2, 0) is 15.7 Å². The molecule has 0 N–H and O–H groups in total. The topological polar surface area (TPSA) is 52.6 Å². The average molecular weight is 491 g/mol. The van der Waals surface area contributed by atoms with Gasteiger partial charge >= 0.3 is 173 Å². The van der Waals surface area contributed by atoms with Gasteiger partial charge in [0.25, 0.3) is 0 Å². The van der Waals surface area contributed by atoms with E-state index in [0.717, 1.165) is 60.2 Å². The van der Waals surface area contributed by atoms with E-state index in [0.29, 0.717) is 24.7 Å². The molecule has 0 rings (SSSR count). The predicted octanol–water partition coefficient (Wildman–Crippen LogP) is 6.77. The van der Waals surface area contributed by atoms with Gasteiger partial charge in [-0.15, -0.1) is 0 Å². The molecule has 2 atom stereocenters. The molecule has 0 aromatic heterocycles. The van der Waals surface area contributed by atoms with Crippen molar-refractivity contribution in [1.82, 2.24) is 0 Å². The summed E-state index contributed by atoms with van der Waals surface area (Å²) in [7, 11) is 0. The van der Waals surface area contributed by atoms with E-state index in [1.165, 1.54) is 0 Å². The molecular formula is C22H44O4Sn. The molecule has 0 radical (unpaired) electrons. The molecule has 0 aliphatic rings. The van der Waals surface area contributed by atoms with Crippen LogP contribution in [0.3, 0.4) is 0 Å². The SMILES string of the molecule is CCC[CH2][Sn]([CH2]CCC)([O]C(=O)CC(C)CCC)[O]C(=O)CC(C)CCC. The molecule has 0 fully saturated rings. The number of carbonyl (C=O) groups is 2. The molecule has 2 unspecified atom stereocenters. The van der Waals surface area contributed by atoms with Crippen LogP contribution in [0.25, 0.3) is 0 Å². The third-order valence-corrected chi connectivity index (χ3v) is 14.8. The molecule has 0 aromatic carbocycles. The van der Waals surface area contributed by atoms with E-state index >= 15 is 0 Å². The molecule has 0 saturated carbocycles. The first-order chi connectivity index (χ1) is 12.8. The van der Waals surface area contributed by atoms with E-state index in [4.69, 9.17) is 6.15 Å². The quantitative estimate of drug-likeness (QED) is 0.224. The van der Waals surface area contributed by atoms with Crippen molar-refractivity contribution in [3.8, 4) is 0 Å². The monoisotopic (exact) mass is 492 g/mol. The number of rotatable bonds is 16. The fourth-order valence-electron chi connectivity index (χ4n) is 3.50. The summed E-state index contributed by atoms with van der Waals surface area (Å²) in [6, 6.07) is 0. The summed E-state index contributed by atoms with van der Waals surface area (Å²) in [5, 5.41) is 0. The van der Waals surface area contributed by atoms with Gasteiger partial charge in [0.15, 0.2) is 0 Å². The first-order valence-corrected chi connectivity index (χ1v) is 17.6. The van der Waals surface area contributed by atoms with E-state index in [-0.39, 0.29) is 11.9 Å². The molecule has 0 aromatic rings. The summed E-state index contributed by atoms with van der Waals surface area (Å²) in [4.78, 5) is 25.2. The predicted molar refractivity (Wildman–Crippen MR) is 115 cm³/mol. The Morgan fingerprint density at radius 1 is 0.704 bits per heavy atom. The van der Waals surface area contributed by atoms with Crippen molar-refractivity contribution in [1.29, 1.82) is 0 Å². The normalized spacial score (nSPS) is 13.9. The van der Waals surface area contributed by atoms with Crippen LogP contribution in [0, 0.1) is 11.8 Å². The summed E-state index contributed by atoms with van der Waals surface area (Å²) in [6.07, 6.45) is 9.05. The van der Waals surface area contributed by atoms with Gasteiger partial charge in [-0.1, -0.05) is 0 Å². The second-order valence-corrected chi connectivity index (χ2v) is 17.5. The van der Waals surface area contributed by atoms with Crippen LogP contribution in [-0.4, -0.2) is 31.1 Å². The Morgan fingerprint density at radius 2 is 1.07 bits per heavy atom. The molecular weight excluding hydrogens is 447 g/mol. The van der Waals surface area contributed by atoms with Crippen LogP contribution >= 0.6 is 0 Å². The van der Waals surface area contributed by atoms with Crippen molar-refractivity contribution in [2.45, 2.75) is 115 Å². The van der Waals surface area contributed by atoms with Crippen LogP contribution in [0.15, 0.2) is 0 Å². The van der Waals surface area contributed by atoms with Crippen LogP contribution in [0.1, 0.15) is 106 Å². The Morgan fingerprint density at radius 3 is 1.37 bits per heavy atom. The Balaban J connectivity index is 5.18. The Labute approximate surface area is 173 Å². The van der Waals surface area contributed by atoms with Crippen LogP contribution in [0.2, 0.25) is 8.87 Å². The van der Waals surface area contributed by atoms with Gasteiger partial charge in [0.2, 0.25) is 0 Å². The Hall–Kier alpha value is -0.261. The van der Waals surface area contributed by atoms with Crippen molar-refractivity contribution in [2.75, 3.05) is 0 Å². The van der Waals surface area contributed by atoms with Crippen molar-refractivity contribution in [3.05, 3.63) is 0 Å². The standard InChI is InChI=1S/2C7H14O2.2C4H9.Sn/c2*1-3-4-6(2)5-7(8)9;2*1-3-4-2;/h2*6H,3-5H2,1-2H3,(H,8,9);2*1,3-4H2,2H3;/q;;;;+2/p-2. The fraction of sp³-hybridized carbons (Fsp3) is 0.909. The number of hydrogen-bond acceptors (Lipinski definition) is 4. The zero-order valence-electron chi connectivity index (χ0n) is 18.8. The van der Waals surface area contributed by atoms with E-state index in [1.807, 2.05) is 0 Å². The summed E-state index contributed by atoms with van der Waals surface area (Å²) in [5.74, 6) is 0.356. The minimum atomic E-state index is -3.74. The van der Waals surface area contributed by atoms with Crippen LogP contribution in [0.4, 0.5) is 0 Å². The van der Waals surface area contributed by atoms with Crippen molar-refractivity contribution in [2.24, 2.45) is 11.8 Å². The van der Waals surface area contributed by atoms with E-state index < -0.39 is 19.2 Å². The Bertz CT molecular complexity index is 373. The summed E-state index contributed by atoms with van der Waals surface area (Å²) in [6.45, 7) is 12.7. The number of unbranched alkanes of at least 4 members (excludes halogenated alkanes) is 2. The number of carbonyl (C=O) groups excluding carboxylic acids is 2. The molecule has 0 heterocycles. The zero-order valence-corrected chi connectivity index (χ0v) is 21.6. The molecule has 5 heteroatoms. The molecule has 0 aliphatic heterocycles. The molecule has 0 bridgehead atoms. The van der Waals surface area contributed by atoms with Crippen LogP contribution < -0.4 is 0 Å². The van der Waals surface area contributed by atoms with Gasteiger partial charge in [0.05, 0.1) is 0 Å². The summed E-state index contributed by atoms with van der Waals surface area (Å²) >= 11 is -3.74. The van der Waals surface area contributed by atoms with Gasteiger partial charge in [0.1, 0.15) is 0 Å². The molecule has 0 saturated heterocycles. The summed E-state index contributed by atoms with van der Waals surface area (Å²) in [5.41, 5.74) is 0. The second-order valence-electron chi connectivity index (χ2n) is 8.26. The van der Waals surface area contributed by atoms with Gasteiger partial charge in [-0.3, -0.25) is 0 Å². The minimum absolute atomic E-state index is 0.145. The molecule has 160 valence electrons. The fourth-order valence-corrected chi connectivity index (χ4v) is 13.4. The van der Waals surface area contributed by atoms with Gasteiger partial charge in [-0.25, -0.2) is 0 Å². The van der Waals surface area contributed by atoms with Crippen LogP contribution in [0.5, 0.6) is 0 Å². The van der Waals surface area contributed by atoms with Gasteiger partial charge in [-0.05, 0) is 0 Å². The molecule has 4 nitrogen and oxygen atoms in total. The van der Waals surface area contributed by atoms with E-state index in [1.54, 1.807) is 0 Å². The molecule has 27 heavy (non-hydrogen) atoms. The van der Waals surface area contributed by atoms with Gasteiger partial charge in [-0.2, -0.15) is 0 Å². The van der Waals surface area contributed by atoms with Crippen molar-refractivity contribution < 1.29 is 15.7 Å². The first-order valence-electron chi connectivity index (χ1n) is 11.3. The van der Waals surface area contributed by atoms with Gasteiger partial charge < -0.3 is 0 Å². The average Bonchev–Trinajstić information content (AvgIpc) is 2.58. The Kier molecular flexibility index (Phi) is 15.5. The third kappa shape index (κ3) is 12.7. The van der Waals surface area contributed by atoms with Crippen molar-refractivity contribution in [3.63, 3.8) is 0 Å². The third-order valence-electron chi connectivity index (χ3n) is 5.02. The molecule has 0 spiro atoms. The summed E-state index contributed by atoms with van der Waals surface area (Å²) < 4.78 is 13.8. The maximum atomic E-state index is 12.6. The van der Waals surface area contributed by atoms with E-state index in [9.17, 15) is 9.59 Å². The van der Waals surface area contributed by atoms with E-state index in [2.05, 4.69) is 41.5 Å². The maximum absolute atomic E-state index is 12.6. The zero-order chi connectivity index (χ0) is 20.7. The van der Waals surface area contributed by atoms with Crippen molar-refractivity contribution >= 4 is 31.1 Å². The van der Waals surface area contributed by atoms with Gasteiger partial charge in [0, 0.05) is 0 Å². The second kappa shape index (κ2) is 15.6. The molecule has 0 aliphatic carbocycles. The number of hydrogen-bond donors (Lipinski definition) is 0. The first kappa shape index (κ1) is 26.7. The molecule has 0 amide bonds.